The lowest BCUT2D eigenvalue weighted by molar-refractivity contribution is 0.0775. The quantitative estimate of drug-likeness (QED) is 0.605. The van der Waals surface area contributed by atoms with Crippen LogP contribution in [0.4, 0.5) is 11.6 Å². The molecule has 0 spiro atoms. The van der Waals surface area contributed by atoms with Crippen LogP contribution in [-0.4, -0.2) is 36.3 Å². The van der Waals surface area contributed by atoms with E-state index < -0.39 is 0 Å². The highest BCUT2D eigenvalue weighted by Crippen LogP contribution is 2.30. The fraction of sp³-hybridized carbons (Fsp3) is 0.333. The highest BCUT2D eigenvalue weighted by Gasteiger charge is 2.14. The van der Waals surface area contributed by atoms with Gasteiger partial charge in [-0.05, 0) is 42.5 Å². The SMILES string of the molecule is COc1cc(CNC2CCOCC2)nc(Nc2cccc(-c3ccccc3)c2C)n1. The number of nitrogens with zero attached hydrogens (tertiary/aromatic N) is 2. The highest BCUT2D eigenvalue weighted by molar-refractivity contribution is 5.75. The third kappa shape index (κ3) is 4.96. The molecule has 1 saturated heterocycles. The minimum Gasteiger partial charge on any atom is -0.481 e. The van der Waals surface area contributed by atoms with Gasteiger partial charge in [0.25, 0.3) is 0 Å². The van der Waals surface area contributed by atoms with Crippen LogP contribution >= 0.6 is 0 Å². The molecule has 1 aromatic heterocycles. The van der Waals surface area contributed by atoms with Gasteiger partial charge in [0.1, 0.15) is 0 Å². The number of hydrogen-bond acceptors (Lipinski definition) is 6. The molecule has 1 aliphatic heterocycles. The molecule has 0 saturated carbocycles. The predicted molar refractivity (Wildman–Crippen MR) is 119 cm³/mol. The Balaban J connectivity index is 1.54. The summed E-state index contributed by atoms with van der Waals surface area (Å²) in [7, 11) is 1.63. The lowest BCUT2D eigenvalue weighted by Crippen LogP contribution is -2.34. The molecule has 0 amide bonds. The van der Waals surface area contributed by atoms with Crippen LogP contribution in [0.15, 0.2) is 54.6 Å². The first-order chi connectivity index (χ1) is 14.7. The second-order valence-corrected chi connectivity index (χ2v) is 7.46. The molecule has 3 aromatic rings. The minimum absolute atomic E-state index is 0.459. The molecular weight excluding hydrogens is 376 g/mol. The summed E-state index contributed by atoms with van der Waals surface area (Å²) in [4.78, 5) is 9.20. The van der Waals surface area contributed by atoms with Crippen molar-refractivity contribution in [3.8, 4) is 17.0 Å². The molecule has 1 aliphatic rings. The van der Waals surface area contributed by atoms with E-state index in [1.165, 1.54) is 11.1 Å². The van der Waals surface area contributed by atoms with E-state index in [1.807, 2.05) is 24.3 Å². The third-order valence-electron chi connectivity index (χ3n) is 5.42. The van der Waals surface area contributed by atoms with Gasteiger partial charge in [-0.3, -0.25) is 0 Å². The number of nitrogens with one attached hydrogen (secondary N) is 2. The molecule has 0 radical (unpaired) electrons. The van der Waals surface area contributed by atoms with Crippen LogP contribution in [0.1, 0.15) is 24.1 Å². The first kappa shape index (κ1) is 20.3. The number of benzene rings is 2. The van der Waals surface area contributed by atoms with Gasteiger partial charge in [-0.25, -0.2) is 4.98 Å². The summed E-state index contributed by atoms with van der Waals surface area (Å²) in [6, 6.07) is 18.9. The number of rotatable bonds is 7. The number of hydrogen-bond donors (Lipinski definition) is 2. The van der Waals surface area contributed by atoms with Crippen molar-refractivity contribution in [3.63, 3.8) is 0 Å². The normalized spacial score (nSPS) is 14.5. The molecule has 4 rings (SSSR count). The van der Waals surface area contributed by atoms with Crippen molar-refractivity contribution in [2.45, 2.75) is 32.4 Å². The van der Waals surface area contributed by atoms with Crippen LogP contribution in [-0.2, 0) is 11.3 Å². The van der Waals surface area contributed by atoms with Crippen LogP contribution in [0.5, 0.6) is 5.88 Å². The number of aromatic nitrogens is 2. The first-order valence-electron chi connectivity index (χ1n) is 10.4. The van der Waals surface area contributed by atoms with Gasteiger partial charge < -0.3 is 20.1 Å². The molecule has 1 fully saturated rings. The average Bonchev–Trinajstić information content (AvgIpc) is 2.80. The summed E-state index contributed by atoms with van der Waals surface area (Å²) in [5.74, 6) is 1.08. The van der Waals surface area contributed by atoms with Crippen molar-refractivity contribution >= 4 is 11.6 Å². The molecular formula is C24H28N4O2. The topological polar surface area (TPSA) is 68.3 Å². The molecule has 0 aliphatic carbocycles. The largest absolute Gasteiger partial charge is 0.481 e. The zero-order chi connectivity index (χ0) is 20.8. The summed E-state index contributed by atoms with van der Waals surface area (Å²) in [5.41, 5.74) is 5.40. The average molecular weight is 405 g/mol. The van der Waals surface area contributed by atoms with Crippen molar-refractivity contribution < 1.29 is 9.47 Å². The van der Waals surface area contributed by atoms with Crippen LogP contribution in [0.2, 0.25) is 0 Å². The van der Waals surface area contributed by atoms with Crippen molar-refractivity contribution in [2.75, 3.05) is 25.6 Å². The Bertz CT molecular complexity index is 972. The van der Waals surface area contributed by atoms with E-state index in [-0.39, 0.29) is 0 Å². The van der Waals surface area contributed by atoms with E-state index in [1.54, 1.807) is 7.11 Å². The molecule has 2 N–H and O–H groups in total. The van der Waals surface area contributed by atoms with Crippen LogP contribution in [0.25, 0.3) is 11.1 Å². The number of anilines is 2. The molecule has 6 heteroatoms. The maximum absolute atomic E-state index is 5.43. The lowest BCUT2D eigenvalue weighted by atomic mass is 9.99. The highest BCUT2D eigenvalue weighted by atomic mass is 16.5. The van der Waals surface area contributed by atoms with Gasteiger partial charge in [0.2, 0.25) is 11.8 Å². The maximum Gasteiger partial charge on any atom is 0.230 e. The lowest BCUT2D eigenvalue weighted by Gasteiger charge is -2.23. The van der Waals surface area contributed by atoms with Crippen LogP contribution < -0.4 is 15.4 Å². The van der Waals surface area contributed by atoms with Crippen molar-refractivity contribution in [3.05, 3.63) is 65.9 Å². The Hall–Kier alpha value is -2.96. The first-order valence-corrected chi connectivity index (χ1v) is 10.4. The molecule has 6 nitrogen and oxygen atoms in total. The van der Waals surface area contributed by atoms with Crippen molar-refractivity contribution in [1.29, 1.82) is 0 Å². The number of methoxy groups -OCH3 is 1. The zero-order valence-corrected chi connectivity index (χ0v) is 17.5. The molecule has 0 bridgehead atoms. The third-order valence-corrected chi connectivity index (χ3v) is 5.42. The van der Waals surface area contributed by atoms with Gasteiger partial charge in [0, 0.05) is 37.6 Å². The molecule has 30 heavy (non-hydrogen) atoms. The van der Waals surface area contributed by atoms with Crippen molar-refractivity contribution in [1.82, 2.24) is 15.3 Å². The minimum atomic E-state index is 0.459. The molecule has 2 aromatic carbocycles. The van der Waals surface area contributed by atoms with Gasteiger partial charge in [-0.15, -0.1) is 0 Å². The smallest absolute Gasteiger partial charge is 0.230 e. The standard InChI is InChI=1S/C24H28N4O2/c1-17-21(18-7-4-3-5-8-18)9-6-10-22(17)27-24-26-20(15-23(28-24)29-2)16-25-19-11-13-30-14-12-19/h3-10,15,19,25H,11-14,16H2,1-2H3,(H,26,27,28). The monoisotopic (exact) mass is 404 g/mol. The second kappa shape index (κ2) is 9.69. The van der Waals surface area contributed by atoms with Gasteiger partial charge in [-0.1, -0.05) is 42.5 Å². The Morgan fingerprint density at radius 1 is 1.03 bits per heavy atom. The summed E-state index contributed by atoms with van der Waals surface area (Å²) >= 11 is 0. The predicted octanol–water partition coefficient (Wildman–Crippen LogP) is 4.47. The molecule has 2 heterocycles. The summed E-state index contributed by atoms with van der Waals surface area (Å²) < 4.78 is 10.8. The maximum atomic E-state index is 5.43. The fourth-order valence-electron chi connectivity index (χ4n) is 3.70. The number of ether oxygens (including phenoxy) is 2. The fourth-order valence-corrected chi connectivity index (χ4v) is 3.70. The van der Waals surface area contributed by atoms with Gasteiger partial charge in [0.05, 0.1) is 12.8 Å². The van der Waals surface area contributed by atoms with E-state index >= 15 is 0 Å². The van der Waals surface area contributed by atoms with Gasteiger partial charge in [0.15, 0.2) is 0 Å². The Morgan fingerprint density at radius 2 is 1.83 bits per heavy atom. The van der Waals surface area contributed by atoms with E-state index in [9.17, 15) is 0 Å². The summed E-state index contributed by atoms with van der Waals surface area (Å²) in [5, 5.41) is 6.95. The van der Waals surface area contributed by atoms with Crippen LogP contribution in [0, 0.1) is 6.92 Å². The molecule has 0 unspecified atom stereocenters. The summed E-state index contributed by atoms with van der Waals surface area (Å²) in [6.45, 7) is 4.41. The molecule has 0 atom stereocenters. The zero-order valence-electron chi connectivity index (χ0n) is 17.5. The van der Waals surface area contributed by atoms with E-state index in [4.69, 9.17) is 14.5 Å². The van der Waals surface area contributed by atoms with Gasteiger partial charge >= 0.3 is 0 Å². The van der Waals surface area contributed by atoms with Gasteiger partial charge in [-0.2, -0.15) is 4.98 Å². The summed E-state index contributed by atoms with van der Waals surface area (Å²) in [6.07, 6.45) is 2.05. The van der Waals surface area contributed by atoms with Crippen molar-refractivity contribution in [2.24, 2.45) is 0 Å². The second-order valence-electron chi connectivity index (χ2n) is 7.46. The van der Waals surface area contributed by atoms with E-state index in [0.29, 0.717) is 24.4 Å². The Kier molecular flexibility index (Phi) is 6.57. The van der Waals surface area contributed by atoms with Crippen LogP contribution in [0.3, 0.4) is 0 Å². The Morgan fingerprint density at radius 3 is 2.60 bits per heavy atom. The van der Waals surface area contributed by atoms with E-state index in [0.717, 1.165) is 43.0 Å². The molecule has 156 valence electrons. The Labute approximate surface area is 177 Å². The van der Waals surface area contributed by atoms with E-state index in [2.05, 4.69) is 52.9 Å².